The highest BCUT2D eigenvalue weighted by Gasteiger charge is 2.26. The summed E-state index contributed by atoms with van der Waals surface area (Å²) in [5.41, 5.74) is 1.27. The first kappa shape index (κ1) is 23.5. The molecule has 1 atom stereocenters. The summed E-state index contributed by atoms with van der Waals surface area (Å²) in [6.07, 6.45) is 3.44. The molecule has 0 radical (unpaired) electrons. The van der Waals surface area contributed by atoms with Crippen LogP contribution in [0, 0.1) is 6.92 Å². The molecule has 29 heavy (non-hydrogen) atoms. The quantitative estimate of drug-likeness (QED) is 0.321. The number of furan rings is 1. The van der Waals surface area contributed by atoms with Crippen LogP contribution in [0.2, 0.25) is 0 Å². The number of aryl methyl sites for hydroxylation is 1. The van der Waals surface area contributed by atoms with Crippen LogP contribution in [-0.4, -0.2) is 51.2 Å². The number of hydrogen-bond donors (Lipinski definition) is 2. The largest absolute Gasteiger partial charge is 0.497 e. The first-order valence-corrected chi connectivity index (χ1v) is 10.1. The molecule has 2 heterocycles. The van der Waals surface area contributed by atoms with Gasteiger partial charge in [0.15, 0.2) is 5.96 Å². The normalized spacial score (nSPS) is 15.6. The summed E-state index contributed by atoms with van der Waals surface area (Å²) >= 11 is 0. The molecule has 1 aliphatic heterocycles. The molecule has 160 valence electrons. The fourth-order valence-corrected chi connectivity index (χ4v) is 3.63. The molecule has 0 saturated carbocycles. The summed E-state index contributed by atoms with van der Waals surface area (Å²) in [7, 11) is 3.50. The Labute approximate surface area is 191 Å². The highest BCUT2D eigenvalue weighted by molar-refractivity contribution is 14.0. The number of methoxy groups -OCH3 is 1. The number of benzene rings is 1. The van der Waals surface area contributed by atoms with Crippen molar-refractivity contribution in [3.63, 3.8) is 0 Å². The van der Waals surface area contributed by atoms with Gasteiger partial charge in [-0.15, -0.1) is 24.0 Å². The topological polar surface area (TPSA) is 62.0 Å². The minimum Gasteiger partial charge on any atom is -0.497 e. The molecule has 7 heteroatoms. The highest BCUT2D eigenvalue weighted by atomic mass is 127. The van der Waals surface area contributed by atoms with Gasteiger partial charge in [0.25, 0.3) is 0 Å². The van der Waals surface area contributed by atoms with Crippen molar-refractivity contribution in [2.24, 2.45) is 4.99 Å². The Morgan fingerprint density at radius 3 is 2.45 bits per heavy atom. The molecule has 2 aromatic rings. The predicted octanol–water partition coefficient (Wildman–Crippen LogP) is 3.76. The van der Waals surface area contributed by atoms with Crippen LogP contribution < -0.4 is 15.4 Å². The Hall–Kier alpha value is -1.74. The number of aliphatic imine (C=N–C) groups is 1. The van der Waals surface area contributed by atoms with E-state index in [0.717, 1.165) is 55.8 Å². The molecule has 1 aliphatic rings. The van der Waals surface area contributed by atoms with E-state index in [1.807, 2.05) is 32.2 Å². The lowest BCUT2D eigenvalue weighted by Crippen LogP contribution is -2.43. The van der Waals surface area contributed by atoms with Gasteiger partial charge < -0.3 is 19.8 Å². The number of hydrogen-bond acceptors (Lipinski definition) is 4. The van der Waals surface area contributed by atoms with Crippen LogP contribution >= 0.6 is 24.0 Å². The third kappa shape index (κ3) is 6.92. The van der Waals surface area contributed by atoms with E-state index >= 15 is 0 Å². The summed E-state index contributed by atoms with van der Waals surface area (Å²) < 4.78 is 11.1. The molecule has 1 saturated heterocycles. The molecule has 1 fully saturated rings. The fourth-order valence-electron chi connectivity index (χ4n) is 3.63. The van der Waals surface area contributed by atoms with E-state index in [1.54, 1.807) is 7.11 Å². The zero-order chi connectivity index (χ0) is 19.8. The standard InChI is InChI=1S/C22H32N4O2.HI/c1-17-6-11-21(28-17)20(26-14-4-5-15-26)16-25-22(23-2)24-13-12-18-7-9-19(27-3)10-8-18;/h6-11,20H,4-5,12-16H2,1-3H3,(H2,23,24,25);1H. The van der Waals surface area contributed by atoms with E-state index in [9.17, 15) is 0 Å². The molecule has 0 bridgehead atoms. The number of rotatable bonds is 8. The minimum atomic E-state index is 0. The molecule has 2 N–H and O–H groups in total. The SMILES string of the molecule is CN=C(NCCc1ccc(OC)cc1)NCC(c1ccc(C)o1)N1CCCC1.I. The smallest absolute Gasteiger partial charge is 0.191 e. The number of nitrogens with zero attached hydrogens (tertiary/aromatic N) is 2. The molecule has 3 rings (SSSR count). The molecule has 6 nitrogen and oxygen atoms in total. The van der Waals surface area contributed by atoms with Crippen LogP contribution in [0.25, 0.3) is 0 Å². The van der Waals surface area contributed by atoms with Crippen molar-refractivity contribution in [1.29, 1.82) is 0 Å². The Kier molecular flexibility index (Phi) is 9.80. The lowest BCUT2D eigenvalue weighted by Gasteiger charge is -2.26. The third-order valence-electron chi connectivity index (χ3n) is 5.22. The zero-order valence-corrected chi connectivity index (χ0v) is 19.9. The van der Waals surface area contributed by atoms with E-state index < -0.39 is 0 Å². The summed E-state index contributed by atoms with van der Waals surface area (Å²) in [6.45, 7) is 5.83. The van der Waals surface area contributed by atoms with Gasteiger partial charge in [0.1, 0.15) is 17.3 Å². The van der Waals surface area contributed by atoms with Crippen molar-refractivity contribution in [3.05, 3.63) is 53.5 Å². The first-order valence-electron chi connectivity index (χ1n) is 10.1. The maximum Gasteiger partial charge on any atom is 0.191 e. The van der Waals surface area contributed by atoms with Crippen LogP contribution in [-0.2, 0) is 6.42 Å². The van der Waals surface area contributed by atoms with Gasteiger partial charge in [-0.2, -0.15) is 0 Å². The van der Waals surface area contributed by atoms with Gasteiger partial charge in [0.05, 0.1) is 13.2 Å². The Morgan fingerprint density at radius 1 is 1.14 bits per heavy atom. The summed E-state index contributed by atoms with van der Waals surface area (Å²) in [4.78, 5) is 6.87. The van der Waals surface area contributed by atoms with E-state index in [4.69, 9.17) is 9.15 Å². The van der Waals surface area contributed by atoms with E-state index in [-0.39, 0.29) is 30.0 Å². The van der Waals surface area contributed by atoms with Gasteiger partial charge in [-0.25, -0.2) is 0 Å². The summed E-state index contributed by atoms with van der Waals surface area (Å²) in [5.74, 6) is 3.69. The monoisotopic (exact) mass is 512 g/mol. The summed E-state index contributed by atoms with van der Waals surface area (Å²) in [5, 5.41) is 6.88. The maximum absolute atomic E-state index is 5.93. The van der Waals surface area contributed by atoms with Crippen molar-refractivity contribution < 1.29 is 9.15 Å². The van der Waals surface area contributed by atoms with Gasteiger partial charge in [-0.3, -0.25) is 9.89 Å². The van der Waals surface area contributed by atoms with Gasteiger partial charge >= 0.3 is 0 Å². The second-order valence-electron chi connectivity index (χ2n) is 7.19. The van der Waals surface area contributed by atoms with Gasteiger partial charge in [0, 0.05) is 20.1 Å². The van der Waals surface area contributed by atoms with Gasteiger partial charge in [0.2, 0.25) is 0 Å². The molecule has 1 aromatic carbocycles. The maximum atomic E-state index is 5.93. The van der Waals surface area contributed by atoms with E-state index in [1.165, 1.54) is 18.4 Å². The molecular formula is C22H33IN4O2. The molecule has 0 aliphatic carbocycles. The van der Waals surface area contributed by atoms with Crippen LogP contribution in [0.5, 0.6) is 5.75 Å². The third-order valence-corrected chi connectivity index (χ3v) is 5.22. The van der Waals surface area contributed by atoms with Crippen molar-refractivity contribution in [2.75, 3.05) is 40.3 Å². The number of ether oxygens (including phenoxy) is 1. The molecule has 0 spiro atoms. The number of likely N-dealkylation sites (tertiary alicyclic amines) is 1. The van der Waals surface area contributed by atoms with E-state index in [2.05, 4.69) is 38.7 Å². The molecular weight excluding hydrogens is 479 g/mol. The average Bonchev–Trinajstić information content (AvgIpc) is 3.40. The number of nitrogens with one attached hydrogen (secondary N) is 2. The highest BCUT2D eigenvalue weighted by Crippen LogP contribution is 2.26. The second-order valence-corrected chi connectivity index (χ2v) is 7.19. The Balaban J connectivity index is 0.00000300. The van der Waals surface area contributed by atoms with Crippen molar-refractivity contribution in [3.8, 4) is 5.75 Å². The fraction of sp³-hybridized carbons (Fsp3) is 0.500. The van der Waals surface area contributed by atoms with Crippen LogP contribution in [0.1, 0.15) is 36.0 Å². The van der Waals surface area contributed by atoms with E-state index in [0.29, 0.717) is 0 Å². The number of guanidine groups is 1. The predicted molar refractivity (Wildman–Crippen MR) is 128 cm³/mol. The molecule has 1 unspecified atom stereocenters. The van der Waals surface area contributed by atoms with Crippen LogP contribution in [0.15, 0.2) is 45.8 Å². The lowest BCUT2D eigenvalue weighted by molar-refractivity contribution is 0.213. The van der Waals surface area contributed by atoms with Gasteiger partial charge in [-0.05, 0) is 69.1 Å². The van der Waals surface area contributed by atoms with Gasteiger partial charge in [-0.1, -0.05) is 12.1 Å². The average molecular weight is 512 g/mol. The second kappa shape index (κ2) is 12.1. The minimum absolute atomic E-state index is 0. The van der Waals surface area contributed by atoms with Crippen LogP contribution in [0.4, 0.5) is 0 Å². The Morgan fingerprint density at radius 2 is 1.86 bits per heavy atom. The van der Waals surface area contributed by atoms with Crippen molar-refractivity contribution in [2.45, 2.75) is 32.2 Å². The Bertz CT molecular complexity index is 754. The van der Waals surface area contributed by atoms with Crippen LogP contribution in [0.3, 0.4) is 0 Å². The first-order chi connectivity index (χ1) is 13.7. The number of halogens is 1. The molecule has 1 aromatic heterocycles. The zero-order valence-electron chi connectivity index (χ0n) is 17.6. The van der Waals surface area contributed by atoms with Crippen molar-refractivity contribution in [1.82, 2.24) is 15.5 Å². The molecule has 0 amide bonds. The summed E-state index contributed by atoms with van der Waals surface area (Å²) in [6, 6.07) is 12.6. The lowest BCUT2D eigenvalue weighted by atomic mass is 10.1. The van der Waals surface area contributed by atoms with Crippen molar-refractivity contribution >= 4 is 29.9 Å².